The van der Waals surface area contributed by atoms with E-state index in [1.165, 1.54) is 6.08 Å². The van der Waals surface area contributed by atoms with Crippen LogP contribution in [0.3, 0.4) is 0 Å². The van der Waals surface area contributed by atoms with Gasteiger partial charge in [0.15, 0.2) is 11.5 Å². The fourth-order valence-electron chi connectivity index (χ4n) is 3.64. The Labute approximate surface area is 164 Å². The van der Waals surface area contributed by atoms with Gasteiger partial charge in [-0.25, -0.2) is 0 Å². The predicted molar refractivity (Wildman–Crippen MR) is 107 cm³/mol. The van der Waals surface area contributed by atoms with Gasteiger partial charge in [0.1, 0.15) is 0 Å². The molecule has 0 bridgehead atoms. The number of carbonyl (C=O) groups is 2. The Morgan fingerprint density at radius 3 is 2.46 bits per heavy atom. The van der Waals surface area contributed by atoms with Crippen molar-refractivity contribution in [2.24, 2.45) is 5.92 Å². The van der Waals surface area contributed by atoms with Gasteiger partial charge in [0.25, 0.3) is 0 Å². The summed E-state index contributed by atoms with van der Waals surface area (Å²) in [6.45, 7) is 4.10. The molecule has 146 valence electrons. The number of hydrogen-bond donors (Lipinski definition) is 1. The van der Waals surface area contributed by atoms with Crippen LogP contribution in [0.4, 0.5) is 5.69 Å². The maximum absolute atomic E-state index is 13.1. The molecule has 1 N–H and O–H groups in total. The second-order valence-corrected chi connectivity index (χ2v) is 6.55. The van der Waals surface area contributed by atoms with Crippen LogP contribution in [0.25, 0.3) is 0 Å². The van der Waals surface area contributed by atoms with Crippen molar-refractivity contribution in [2.75, 3.05) is 26.1 Å². The molecule has 3 rings (SSSR count). The summed E-state index contributed by atoms with van der Waals surface area (Å²) in [6.07, 6.45) is 1.88. The number of nitrogens with zero attached hydrogens (tertiary/aromatic N) is 1. The zero-order valence-corrected chi connectivity index (χ0v) is 16.1. The predicted octanol–water partition coefficient (Wildman–Crippen LogP) is 3.42. The molecule has 1 heterocycles. The van der Waals surface area contributed by atoms with E-state index in [-0.39, 0.29) is 23.8 Å². The summed E-state index contributed by atoms with van der Waals surface area (Å²) in [5.74, 6) is 0.455. The van der Waals surface area contributed by atoms with Gasteiger partial charge in [-0.2, -0.15) is 0 Å². The lowest BCUT2D eigenvalue weighted by Crippen LogP contribution is -2.34. The van der Waals surface area contributed by atoms with Gasteiger partial charge in [0.05, 0.1) is 26.2 Å². The van der Waals surface area contributed by atoms with Gasteiger partial charge < -0.3 is 19.7 Å². The molecule has 1 fully saturated rings. The van der Waals surface area contributed by atoms with Crippen molar-refractivity contribution in [1.29, 1.82) is 0 Å². The van der Waals surface area contributed by atoms with Crippen LogP contribution >= 0.6 is 0 Å². The number of anilines is 1. The van der Waals surface area contributed by atoms with Crippen molar-refractivity contribution in [3.63, 3.8) is 0 Å². The highest BCUT2D eigenvalue weighted by molar-refractivity contribution is 5.95. The first-order chi connectivity index (χ1) is 13.6. The number of methoxy groups -OCH3 is 2. The first-order valence-electron chi connectivity index (χ1n) is 9.10. The topological polar surface area (TPSA) is 67.9 Å². The maximum Gasteiger partial charge on any atom is 0.246 e. The van der Waals surface area contributed by atoms with E-state index in [2.05, 4.69) is 11.9 Å². The molecule has 0 unspecified atom stereocenters. The van der Waals surface area contributed by atoms with Gasteiger partial charge in [-0.3, -0.25) is 9.59 Å². The van der Waals surface area contributed by atoms with E-state index >= 15 is 0 Å². The monoisotopic (exact) mass is 380 g/mol. The third-order valence-electron chi connectivity index (χ3n) is 4.98. The normalized spacial score (nSPS) is 18.4. The van der Waals surface area contributed by atoms with Crippen molar-refractivity contribution in [3.05, 3.63) is 66.7 Å². The highest BCUT2D eigenvalue weighted by atomic mass is 16.5. The Balaban J connectivity index is 1.85. The van der Waals surface area contributed by atoms with Crippen LogP contribution in [0.2, 0.25) is 0 Å². The minimum atomic E-state index is -0.362. The quantitative estimate of drug-likeness (QED) is 0.780. The van der Waals surface area contributed by atoms with Crippen LogP contribution in [-0.4, -0.2) is 37.5 Å². The van der Waals surface area contributed by atoms with E-state index in [1.54, 1.807) is 37.3 Å². The van der Waals surface area contributed by atoms with Crippen LogP contribution in [0.15, 0.2) is 61.2 Å². The molecule has 1 saturated heterocycles. The molecule has 2 aromatic rings. The second kappa shape index (κ2) is 8.61. The third-order valence-corrected chi connectivity index (χ3v) is 4.98. The molecule has 6 heteroatoms. The standard InChI is InChI=1S/C22H24N2O4/c1-4-20(25)24-13-12-17(21(24)15-8-6-5-7-9-15)22(26)23-16-10-11-18(27-2)19(14-16)28-3/h4-11,14,17,21H,1,12-13H2,2-3H3,(H,23,26)/t17-,21+/m0/s1. The van der Waals surface area contributed by atoms with Crippen molar-refractivity contribution in [2.45, 2.75) is 12.5 Å². The van der Waals surface area contributed by atoms with Crippen LogP contribution in [0, 0.1) is 5.92 Å². The summed E-state index contributed by atoms with van der Waals surface area (Å²) in [4.78, 5) is 27.1. The largest absolute Gasteiger partial charge is 0.493 e. The van der Waals surface area contributed by atoms with E-state index in [0.29, 0.717) is 30.2 Å². The molecule has 1 aliphatic heterocycles. The minimum absolute atomic E-state index is 0.138. The average Bonchev–Trinajstić information content (AvgIpc) is 3.19. The van der Waals surface area contributed by atoms with E-state index in [0.717, 1.165) is 5.56 Å². The Morgan fingerprint density at radius 1 is 1.11 bits per heavy atom. The number of amides is 2. The minimum Gasteiger partial charge on any atom is -0.493 e. The van der Waals surface area contributed by atoms with Crippen molar-refractivity contribution >= 4 is 17.5 Å². The summed E-state index contributed by atoms with van der Waals surface area (Å²) in [5.41, 5.74) is 1.55. The Morgan fingerprint density at radius 2 is 1.82 bits per heavy atom. The zero-order valence-electron chi connectivity index (χ0n) is 16.1. The number of likely N-dealkylation sites (tertiary alicyclic amines) is 1. The smallest absolute Gasteiger partial charge is 0.246 e. The lowest BCUT2D eigenvalue weighted by Gasteiger charge is -2.27. The number of hydrogen-bond acceptors (Lipinski definition) is 4. The lowest BCUT2D eigenvalue weighted by atomic mass is 9.92. The van der Waals surface area contributed by atoms with Crippen molar-refractivity contribution in [3.8, 4) is 11.5 Å². The molecule has 1 aliphatic rings. The van der Waals surface area contributed by atoms with Crippen molar-refractivity contribution < 1.29 is 19.1 Å². The second-order valence-electron chi connectivity index (χ2n) is 6.55. The van der Waals surface area contributed by atoms with Gasteiger partial charge in [0, 0.05) is 18.3 Å². The lowest BCUT2D eigenvalue weighted by molar-refractivity contribution is -0.128. The number of ether oxygens (including phenoxy) is 2. The van der Waals surface area contributed by atoms with Gasteiger partial charge >= 0.3 is 0 Å². The molecule has 2 aromatic carbocycles. The van der Waals surface area contributed by atoms with Crippen LogP contribution < -0.4 is 14.8 Å². The molecule has 0 radical (unpaired) electrons. The molecule has 0 saturated carbocycles. The highest BCUT2D eigenvalue weighted by Gasteiger charge is 2.41. The Kier molecular flexibility index (Phi) is 5.99. The molecule has 0 spiro atoms. The van der Waals surface area contributed by atoms with Crippen LogP contribution in [0.5, 0.6) is 11.5 Å². The van der Waals surface area contributed by atoms with Gasteiger partial charge in [0.2, 0.25) is 11.8 Å². The summed E-state index contributed by atoms with van der Waals surface area (Å²) in [7, 11) is 3.11. The zero-order chi connectivity index (χ0) is 20.1. The first kappa shape index (κ1) is 19.5. The number of benzene rings is 2. The fourth-order valence-corrected chi connectivity index (χ4v) is 3.64. The van der Waals surface area contributed by atoms with Crippen LogP contribution in [0.1, 0.15) is 18.0 Å². The number of rotatable bonds is 6. The van der Waals surface area contributed by atoms with Gasteiger partial charge in [-0.1, -0.05) is 36.9 Å². The van der Waals surface area contributed by atoms with E-state index in [4.69, 9.17) is 9.47 Å². The van der Waals surface area contributed by atoms with Crippen LogP contribution in [-0.2, 0) is 9.59 Å². The molecule has 2 atom stereocenters. The summed E-state index contributed by atoms with van der Waals surface area (Å²) in [5, 5.41) is 2.95. The summed E-state index contributed by atoms with van der Waals surface area (Å²) in [6, 6.07) is 14.5. The molecule has 28 heavy (non-hydrogen) atoms. The first-order valence-corrected chi connectivity index (χ1v) is 9.10. The Hall–Kier alpha value is -3.28. The maximum atomic E-state index is 13.1. The Bertz CT molecular complexity index is 866. The van der Waals surface area contributed by atoms with E-state index < -0.39 is 0 Å². The van der Waals surface area contributed by atoms with Gasteiger partial charge in [-0.15, -0.1) is 0 Å². The molecule has 0 aromatic heterocycles. The van der Waals surface area contributed by atoms with Crippen molar-refractivity contribution in [1.82, 2.24) is 4.90 Å². The third kappa shape index (κ3) is 3.86. The molecular formula is C22H24N2O4. The molecule has 0 aliphatic carbocycles. The van der Waals surface area contributed by atoms with E-state index in [9.17, 15) is 9.59 Å². The average molecular weight is 380 g/mol. The number of carbonyl (C=O) groups excluding carboxylic acids is 2. The molecular weight excluding hydrogens is 356 g/mol. The van der Waals surface area contributed by atoms with E-state index in [1.807, 2.05) is 30.3 Å². The highest BCUT2D eigenvalue weighted by Crippen LogP contribution is 2.38. The SMILES string of the molecule is C=CC(=O)N1CC[C@H](C(=O)Nc2ccc(OC)c(OC)c2)[C@H]1c1ccccc1. The number of nitrogens with one attached hydrogen (secondary N) is 1. The van der Waals surface area contributed by atoms with Gasteiger partial charge in [-0.05, 0) is 30.2 Å². The molecule has 6 nitrogen and oxygen atoms in total. The summed E-state index contributed by atoms with van der Waals surface area (Å²) < 4.78 is 10.5. The fraction of sp³-hybridized carbons (Fsp3) is 0.273. The summed E-state index contributed by atoms with van der Waals surface area (Å²) >= 11 is 0. The molecule has 2 amide bonds.